The van der Waals surface area contributed by atoms with E-state index in [2.05, 4.69) is 4.98 Å². The fourth-order valence-corrected chi connectivity index (χ4v) is 2.81. The van der Waals surface area contributed by atoms with Crippen LogP contribution in [0, 0.1) is 0 Å². The number of pyridine rings is 1. The molecular weight excluding hydrogens is 324 g/mol. The van der Waals surface area contributed by atoms with Crippen LogP contribution in [-0.4, -0.2) is 28.6 Å². The molecule has 1 heterocycles. The number of aromatic nitrogens is 1. The molecule has 0 aliphatic carbocycles. The Balaban J connectivity index is 1.86. The number of rotatable bonds is 6. The van der Waals surface area contributed by atoms with E-state index in [4.69, 9.17) is 0 Å². The van der Waals surface area contributed by atoms with Gasteiger partial charge in [0.1, 0.15) is 6.04 Å². The largest absolute Gasteiger partial charge is 0.323 e. The van der Waals surface area contributed by atoms with E-state index in [1.54, 1.807) is 12.1 Å². The van der Waals surface area contributed by atoms with Gasteiger partial charge in [0.2, 0.25) is 12.2 Å². The van der Waals surface area contributed by atoms with E-state index in [9.17, 15) is 9.59 Å². The molecule has 1 amide bonds. The fraction of sp³-hybridized carbons (Fsp3) is 0.136. The predicted octanol–water partition coefficient (Wildman–Crippen LogP) is 3.95. The molecule has 1 atom stereocenters. The third-order valence-corrected chi connectivity index (χ3v) is 4.17. The molecule has 0 N–H and O–H groups in total. The zero-order valence-corrected chi connectivity index (χ0v) is 14.5. The number of hydrogen-bond acceptors (Lipinski definition) is 3. The first-order valence-electron chi connectivity index (χ1n) is 8.50. The van der Waals surface area contributed by atoms with Crippen LogP contribution >= 0.6 is 0 Å². The normalized spacial score (nSPS) is 12.2. The Hall–Kier alpha value is -3.27. The van der Waals surface area contributed by atoms with Crippen molar-refractivity contribution in [3.63, 3.8) is 0 Å². The van der Waals surface area contributed by atoms with Crippen molar-refractivity contribution in [1.29, 1.82) is 0 Å². The van der Waals surface area contributed by atoms with Crippen LogP contribution in [0.5, 0.6) is 0 Å². The van der Waals surface area contributed by atoms with Crippen LogP contribution in [0.2, 0.25) is 0 Å². The quantitative estimate of drug-likeness (QED) is 0.637. The van der Waals surface area contributed by atoms with Crippen molar-refractivity contribution in [2.24, 2.45) is 0 Å². The second kappa shape index (κ2) is 8.21. The zero-order valence-electron chi connectivity index (χ0n) is 14.5. The smallest absolute Gasteiger partial charge is 0.247 e. The van der Waals surface area contributed by atoms with Gasteiger partial charge >= 0.3 is 0 Å². The first-order valence-corrected chi connectivity index (χ1v) is 8.50. The molecule has 26 heavy (non-hydrogen) atoms. The Morgan fingerprint density at radius 2 is 1.81 bits per heavy atom. The standard InChI is InChI=1S/C22H19N2O2/c1-2-24(22(26)15-12-17-8-4-3-5-9-17)21(16-25)20-14-13-18-10-6-7-11-19(18)23-20/h3-15,21H,2H2,1H3. The van der Waals surface area contributed by atoms with Crippen molar-refractivity contribution < 1.29 is 9.59 Å². The van der Waals surface area contributed by atoms with Crippen LogP contribution in [0.15, 0.2) is 72.8 Å². The Morgan fingerprint density at radius 1 is 1.08 bits per heavy atom. The van der Waals surface area contributed by atoms with Gasteiger partial charge in [0, 0.05) is 18.0 Å². The van der Waals surface area contributed by atoms with Crippen LogP contribution in [0.4, 0.5) is 0 Å². The molecule has 3 aromatic rings. The molecule has 2 aromatic carbocycles. The summed E-state index contributed by atoms with van der Waals surface area (Å²) in [5, 5.41) is 0.985. The minimum absolute atomic E-state index is 0.250. The summed E-state index contributed by atoms with van der Waals surface area (Å²) in [6, 6.07) is 20.1. The SMILES string of the molecule is CCN(C(=O)C=Cc1ccccc1)C([C]=O)c1ccc2ccccc2n1. The molecule has 0 fully saturated rings. The van der Waals surface area contributed by atoms with E-state index < -0.39 is 6.04 Å². The summed E-state index contributed by atoms with van der Waals surface area (Å²) in [6.45, 7) is 2.21. The number of nitrogens with zero attached hydrogens (tertiary/aromatic N) is 2. The van der Waals surface area contributed by atoms with Gasteiger partial charge in [-0.3, -0.25) is 14.6 Å². The first kappa shape index (κ1) is 17.5. The van der Waals surface area contributed by atoms with E-state index in [0.717, 1.165) is 16.5 Å². The number of likely N-dealkylation sites (N-methyl/N-ethyl adjacent to an activating group) is 1. The average molecular weight is 343 g/mol. The summed E-state index contributed by atoms with van der Waals surface area (Å²) in [4.78, 5) is 30.3. The number of carbonyl (C=O) groups is 1. The predicted molar refractivity (Wildman–Crippen MR) is 103 cm³/mol. The number of para-hydroxylation sites is 1. The second-order valence-electron chi connectivity index (χ2n) is 5.82. The van der Waals surface area contributed by atoms with E-state index in [-0.39, 0.29) is 5.91 Å². The Bertz CT molecular complexity index is 935. The van der Waals surface area contributed by atoms with Crippen molar-refractivity contribution in [2.45, 2.75) is 13.0 Å². The highest BCUT2D eigenvalue weighted by molar-refractivity contribution is 5.93. The maximum atomic E-state index is 12.6. The van der Waals surface area contributed by atoms with Crippen LogP contribution in [0.25, 0.3) is 17.0 Å². The van der Waals surface area contributed by atoms with Crippen LogP contribution in [0.1, 0.15) is 24.2 Å². The molecule has 0 aliphatic rings. The highest BCUT2D eigenvalue weighted by Gasteiger charge is 2.24. The lowest BCUT2D eigenvalue weighted by molar-refractivity contribution is -0.127. The Morgan fingerprint density at radius 3 is 2.54 bits per heavy atom. The molecule has 3 rings (SSSR count). The molecule has 1 unspecified atom stereocenters. The number of fused-ring (bicyclic) bond motifs is 1. The molecule has 1 aromatic heterocycles. The van der Waals surface area contributed by atoms with Crippen LogP contribution in [0.3, 0.4) is 0 Å². The van der Waals surface area contributed by atoms with Gasteiger partial charge in [0.25, 0.3) is 0 Å². The molecule has 1 radical (unpaired) electrons. The van der Waals surface area contributed by atoms with Gasteiger partial charge in [-0.05, 0) is 30.7 Å². The fourth-order valence-electron chi connectivity index (χ4n) is 2.81. The first-order chi connectivity index (χ1) is 12.7. The maximum Gasteiger partial charge on any atom is 0.247 e. The number of amides is 1. The highest BCUT2D eigenvalue weighted by atomic mass is 16.2. The maximum absolute atomic E-state index is 12.6. The van der Waals surface area contributed by atoms with E-state index in [0.29, 0.717) is 12.2 Å². The number of carbonyl (C=O) groups excluding carboxylic acids is 2. The van der Waals surface area contributed by atoms with E-state index in [1.807, 2.05) is 73.9 Å². The van der Waals surface area contributed by atoms with Gasteiger partial charge in [0.15, 0.2) is 0 Å². The zero-order chi connectivity index (χ0) is 18.4. The molecule has 0 spiro atoms. The molecule has 4 heteroatoms. The van der Waals surface area contributed by atoms with Gasteiger partial charge in [-0.25, -0.2) is 0 Å². The average Bonchev–Trinajstić information content (AvgIpc) is 2.70. The highest BCUT2D eigenvalue weighted by Crippen LogP contribution is 2.21. The molecule has 0 bridgehead atoms. The third-order valence-electron chi connectivity index (χ3n) is 4.17. The summed E-state index contributed by atoms with van der Waals surface area (Å²) in [5.74, 6) is -0.250. The van der Waals surface area contributed by atoms with Crippen molar-refractivity contribution in [3.8, 4) is 0 Å². The monoisotopic (exact) mass is 343 g/mol. The lowest BCUT2D eigenvalue weighted by atomic mass is 10.1. The van der Waals surface area contributed by atoms with Crippen molar-refractivity contribution >= 4 is 29.2 Å². The lowest BCUT2D eigenvalue weighted by Crippen LogP contribution is -2.34. The molecule has 4 nitrogen and oxygen atoms in total. The topological polar surface area (TPSA) is 50.3 Å². The van der Waals surface area contributed by atoms with Gasteiger partial charge in [-0.15, -0.1) is 0 Å². The Labute approximate surface area is 152 Å². The summed E-state index contributed by atoms with van der Waals surface area (Å²) in [7, 11) is 0. The van der Waals surface area contributed by atoms with Gasteiger partial charge in [0.05, 0.1) is 11.2 Å². The van der Waals surface area contributed by atoms with Crippen molar-refractivity contribution in [2.75, 3.05) is 6.54 Å². The number of hydrogen-bond donors (Lipinski definition) is 0. The van der Waals surface area contributed by atoms with Crippen molar-refractivity contribution in [3.05, 3.63) is 84.1 Å². The molecule has 0 saturated heterocycles. The summed E-state index contributed by atoms with van der Waals surface area (Å²) in [6.07, 6.45) is 5.19. The van der Waals surface area contributed by atoms with Crippen LogP contribution in [-0.2, 0) is 9.59 Å². The molecule has 0 aliphatic heterocycles. The van der Waals surface area contributed by atoms with Gasteiger partial charge < -0.3 is 4.90 Å². The third kappa shape index (κ3) is 3.86. The molecular formula is C22H19N2O2. The van der Waals surface area contributed by atoms with E-state index in [1.165, 1.54) is 11.0 Å². The van der Waals surface area contributed by atoms with Gasteiger partial charge in [-0.1, -0.05) is 54.6 Å². The van der Waals surface area contributed by atoms with E-state index >= 15 is 0 Å². The number of benzene rings is 2. The summed E-state index contributed by atoms with van der Waals surface area (Å²) >= 11 is 0. The second-order valence-corrected chi connectivity index (χ2v) is 5.82. The molecule has 0 saturated carbocycles. The molecule has 129 valence electrons. The summed E-state index contributed by atoms with van der Waals surface area (Å²) in [5.41, 5.74) is 2.22. The minimum Gasteiger partial charge on any atom is -0.323 e. The Kier molecular flexibility index (Phi) is 5.54. The van der Waals surface area contributed by atoms with Crippen molar-refractivity contribution in [1.82, 2.24) is 9.88 Å². The minimum atomic E-state index is -0.836. The van der Waals surface area contributed by atoms with Crippen LogP contribution < -0.4 is 0 Å². The lowest BCUT2D eigenvalue weighted by Gasteiger charge is -2.25. The van der Waals surface area contributed by atoms with Gasteiger partial charge in [-0.2, -0.15) is 0 Å². The summed E-state index contributed by atoms with van der Waals surface area (Å²) < 4.78 is 0.